The summed E-state index contributed by atoms with van der Waals surface area (Å²) in [6.07, 6.45) is 5.94. The Bertz CT molecular complexity index is 1120. The molecule has 0 aliphatic rings. The van der Waals surface area contributed by atoms with Crippen molar-refractivity contribution in [2.75, 3.05) is 6.54 Å². The molecule has 138 valence electrons. The summed E-state index contributed by atoms with van der Waals surface area (Å²) in [5.74, 6) is 1.28. The molecule has 0 radical (unpaired) electrons. The van der Waals surface area contributed by atoms with Crippen LogP contribution in [0.4, 0.5) is 0 Å². The number of nitrogens with one attached hydrogen (secondary N) is 1. The second-order valence-electron chi connectivity index (χ2n) is 6.91. The van der Waals surface area contributed by atoms with E-state index in [0.29, 0.717) is 19.0 Å². The summed E-state index contributed by atoms with van der Waals surface area (Å²) in [7, 11) is 0. The highest BCUT2D eigenvalue weighted by Gasteiger charge is 2.12. The summed E-state index contributed by atoms with van der Waals surface area (Å²) < 4.78 is 4.19. The van der Waals surface area contributed by atoms with Crippen molar-refractivity contribution in [3.05, 3.63) is 72.0 Å². The van der Waals surface area contributed by atoms with Gasteiger partial charge < -0.3 is 14.1 Å². The Labute approximate surface area is 158 Å². The molecule has 0 bridgehead atoms. The molecule has 6 nitrogen and oxygen atoms in total. The summed E-state index contributed by atoms with van der Waals surface area (Å²) in [5.41, 5.74) is 4.87. The number of fused-ring (bicyclic) bond motifs is 1. The Balaban J connectivity index is 1.77. The fourth-order valence-corrected chi connectivity index (χ4v) is 3.17. The van der Waals surface area contributed by atoms with Crippen LogP contribution in [-0.4, -0.2) is 30.6 Å². The van der Waals surface area contributed by atoms with Gasteiger partial charge >= 0.3 is 0 Å². The highest BCUT2D eigenvalue weighted by atomic mass is 15.1. The van der Waals surface area contributed by atoms with Crippen LogP contribution in [0, 0.1) is 0 Å². The number of hydrogen-bond donors (Lipinski definition) is 1. The van der Waals surface area contributed by atoms with Gasteiger partial charge in [-0.2, -0.15) is 0 Å². The highest BCUT2D eigenvalue weighted by Crippen LogP contribution is 2.17. The minimum Gasteiger partial charge on any atom is -0.337 e. The summed E-state index contributed by atoms with van der Waals surface area (Å²) in [4.78, 5) is 17.3. The SMILES string of the molecule is CCN=c1ncn(Cc2cccc(-n3cccc3)c2)c2nc(C(C)C)[nH]c12. The van der Waals surface area contributed by atoms with Gasteiger partial charge in [-0.3, -0.25) is 4.99 Å². The van der Waals surface area contributed by atoms with Crippen LogP contribution < -0.4 is 5.49 Å². The number of rotatable bonds is 5. The molecule has 1 aromatic carbocycles. The van der Waals surface area contributed by atoms with Crippen molar-refractivity contribution in [2.45, 2.75) is 33.2 Å². The zero-order valence-corrected chi connectivity index (χ0v) is 15.9. The van der Waals surface area contributed by atoms with Crippen LogP contribution in [0.25, 0.3) is 16.9 Å². The van der Waals surface area contributed by atoms with Gasteiger partial charge in [-0.25, -0.2) is 9.97 Å². The van der Waals surface area contributed by atoms with Gasteiger partial charge in [-0.05, 0) is 36.8 Å². The van der Waals surface area contributed by atoms with Gasteiger partial charge in [-0.15, -0.1) is 0 Å². The monoisotopic (exact) mass is 360 g/mol. The molecule has 0 unspecified atom stereocenters. The molecule has 0 aliphatic heterocycles. The number of aromatic nitrogens is 5. The van der Waals surface area contributed by atoms with E-state index in [1.54, 1.807) is 0 Å². The molecule has 1 N–H and O–H groups in total. The van der Waals surface area contributed by atoms with Crippen molar-refractivity contribution >= 4 is 11.2 Å². The second-order valence-corrected chi connectivity index (χ2v) is 6.91. The first kappa shape index (κ1) is 17.3. The Morgan fingerprint density at radius 3 is 2.70 bits per heavy atom. The average molecular weight is 360 g/mol. The van der Waals surface area contributed by atoms with E-state index in [1.807, 2.05) is 25.4 Å². The smallest absolute Gasteiger partial charge is 0.176 e. The van der Waals surface area contributed by atoms with E-state index in [1.165, 1.54) is 5.56 Å². The number of hydrogen-bond acceptors (Lipinski definition) is 3. The number of aromatic amines is 1. The first-order chi connectivity index (χ1) is 13.2. The molecule has 3 aromatic heterocycles. The van der Waals surface area contributed by atoms with E-state index in [4.69, 9.17) is 4.98 Å². The topological polar surface area (TPSA) is 63.8 Å². The van der Waals surface area contributed by atoms with E-state index < -0.39 is 0 Å². The van der Waals surface area contributed by atoms with Gasteiger partial charge in [0, 0.05) is 30.5 Å². The van der Waals surface area contributed by atoms with Crippen molar-refractivity contribution < 1.29 is 0 Å². The largest absolute Gasteiger partial charge is 0.337 e. The maximum absolute atomic E-state index is 4.83. The number of benzene rings is 1. The summed E-state index contributed by atoms with van der Waals surface area (Å²) in [6.45, 7) is 7.68. The molecule has 0 saturated heterocycles. The van der Waals surface area contributed by atoms with Crippen LogP contribution in [0.5, 0.6) is 0 Å². The lowest BCUT2D eigenvalue weighted by Gasteiger charge is -2.10. The summed E-state index contributed by atoms with van der Waals surface area (Å²) in [6, 6.07) is 12.6. The molecular weight excluding hydrogens is 336 g/mol. The Kier molecular flexibility index (Phi) is 4.62. The third-order valence-electron chi connectivity index (χ3n) is 4.54. The fraction of sp³-hybridized carbons (Fsp3) is 0.286. The van der Waals surface area contributed by atoms with Crippen LogP contribution in [0.15, 0.2) is 60.1 Å². The Morgan fingerprint density at radius 2 is 1.96 bits per heavy atom. The maximum Gasteiger partial charge on any atom is 0.176 e. The number of H-pyrrole nitrogens is 1. The Morgan fingerprint density at radius 1 is 1.15 bits per heavy atom. The van der Waals surface area contributed by atoms with Gasteiger partial charge in [0.25, 0.3) is 0 Å². The first-order valence-electron chi connectivity index (χ1n) is 9.33. The van der Waals surface area contributed by atoms with Gasteiger partial charge in [0.1, 0.15) is 11.3 Å². The molecule has 6 heteroatoms. The molecule has 4 rings (SSSR count). The molecule has 0 atom stereocenters. The molecule has 0 fully saturated rings. The van der Waals surface area contributed by atoms with E-state index in [-0.39, 0.29) is 0 Å². The van der Waals surface area contributed by atoms with Gasteiger partial charge in [0.15, 0.2) is 11.1 Å². The summed E-state index contributed by atoms with van der Waals surface area (Å²) >= 11 is 0. The normalized spacial score (nSPS) is 12.4. The van der Waals surface area contributed by atoms with Crippen LogP contribution in [0.2, 0.25) is 0 Å². The molecule has 3 heterocycles. The zero-order chi connectivity index (χ0) is 18.8. The quantitative estimate of drug-likeness (QED) is 0.590. The second kappa shape index (κ2) is 7.23. The molecular formula is C21H24N6. The Hall–Kier alpha value is -3.15. The van der Waals surface area contributed by atoms with Crippen LogP contribution >= 0.6 is 0 Å². The van der Waals surface area contributed by atoms with Crippen LogP contribution in [0.1, 0.15) is 38.1 Å². The fourth-order valence-electron chi connectivity index (χ4n) is 3.17. The van der Waals surface area contributed by atoms with Gasteiger partial charge in [-0.1, -0.05) is 26.0 Å². The van der Waals surface area contributed by atoms with Gasteiger partial charge in [0.05, 0.1) is 12.9 Å². The maximum atomic E-state index is 4.83. The van der Waals surface area contributed by atoms with Crippen molar-refractivity contribution in [1.29, 1.82) is 0 Å². The molecule has 0 aliphatic carbocycles. The predicted octanol–water partition coefficient (Wildman–Crippen LogP) is 3.64. The minimum absolute atomic E-state index is 0.317. The molecule has 0 spiro atoms. The zero-order valence-electron chi connectivity index (χ0n) is 15.9. The number of imidazole rings is 1. The third kappa shape index (κ3) is 3.43. The van der Waals surface area contributed by atoms with Crippen LogP contribution in [-0.2, 0) is 6.54 Å². The van der Waals surface area contributed by atoms with Gasteiger partial charge in [0.2, 0.25) is 0 Å². The minimum atomic E-state index is 0.317. The van der Waals surface area contributed by atoms with Crippen molar-refractivity contribution in [3.63, 3.8) is 0 Å². The van der Waals surface area contributed by atoms with E-state index >= 15 is 0 Å². The molecule has 0 saturated carbocycles. The standard InChI is InChI=1S/C21H24N6/c1-4-22-20-18-21(25-19(24-18)15(2)3)27(14-23-20)13-16-8-7-9-17(12-16)26-10-5-6-11-26/h5-12,14-15H,4,13H2,1-3H3,(H,24,25). The molecule has 4 aromatic rings. The molecule has 0 amide bonds. The van der Waals surface area contributed by atoms with E-state index in [2.05, 4.69) is 74.6 Å². The third-order valence-corrected chi connectivity index (χ3v) is 4.54. The molecule has 27 heavy (non-hydrogen) atoms. The van der Waals surface area contributed by atoms with E-state index in [9.17, 15) is 0 Å². The lowest BCUT2D eigenvalue weighted by Crippen LogP contribution is -2.15. The predicted molar refractivity (Wildman–Crippen MR) is 107 cm³/mol. The first-order valence-corrected chi connectivity index (χ1v) is 9.33. The lowest BCUT2D eigenvalue weighted by atomic mass is 10.2. The van der Waals surface area contributed by atoms with Crippen molar-refractivity contribution in [2.24, 2.45) is 4.99 Å². The highest BCUT2D eigenvalue weighted by molar-refractivity contribution is 5.69. The number of nitrogens with zero attached hydrogens (tertiary/aromatic N) is 5. The lowest BCUT2D eigenvalue weighted by molar-refractivity contribution is 0.770. The van der Waals surface area contributed by atoms with Crippen LogP contribution in [0.3, 0.4) is 0 Å². The van der Waals surface area contributed by atoms with E-state index in [0.717, 1.165) is 28.2 Å². The average Bonchev–Trinajstić information content (AvgIpc) is 3.34. The summed E-state index contributed by atoms with van der Waals surface area (Å²) in [5, 5.41) is 0. The van der Waals surface area contributed by atoms with Crippen molar-refractivity contribution in [1.82, 2.24) is 24.1 Å². The van der Waals surface area contributed by atoms with Crippen molar-refractivity contribution in [3.8, 4) is 5.69 Å².